The van der Waals surface area contributed by atoms with E-state index in [4.69, 9.17) is 0 Å². The Hall–Kier alpha value is -0.780. The normalized spacial score (nSPS) is 31.0. The second-order valence-corrected chi connectivity index (χ2v) is 10.3. The molecule has 0 spiro atoms. The van der Waals surface area contributed by atoms with Crippen molar-refractivity contribution in [1.29, 1.82) is 0 Å². The molecule has 0 aromatic heterocycles. The number of rotatable bonds is 9. The zero-order valence-corrected chi connectivity index (χ0v) is 19.1. The van der Waals surface area contributed by atoms with E-state index in [1.807, 2.05) is 0 Å². The smallest absolute Gasteiger partial charge is 0.0136 e. The molecule has 3 rings (SSSR count). The van der Waals surface area contributed by atoms with Crippen molar-refractivity contribution >= 4 is 0 Å². The van der Waals surface area contributed by atoms with E-state index in [1.165, 1.54) is 89.9 Å². The molecule has 0 heterocycles. The van der Waals surface area contributed by atoms with Gasteiger partial charge in [-0.25, -0.2) is 0 Å². The summed E-state index contributed by atoms with van der Waals surface area (Å²) in [6.07, 6.45) is 20.1. The van der Waals surface area contributed by atoms with Crippen LogP contribution in [0.1, 0.15) is 121 Å². The number of hydrogen-bond donors (Lipinski definition) is 0. The fourth-order valence-electron chi connectivity index (χ4n) is 6.31. The molecule has 0 N–H and O–H groups in total. The minimum Gasteiger partial charge on any atom is -0.0654 e. The highest BCUT2D eigenvalue weighted by Crippen LogP contribution is 2.47. The predicted octanol–water partition coefficient (Wildman–Crippen LogP) is 8.94. The molecule has 28 heavy (non-hydrogen) atoms. The van der Waals surface area contributed by atoms with Gasteiger partial charge in [-0.1, -0.05) is 90.0 Å². The predicted molar refractivity (Wildman–Crippen MR) is 124 cm³/mol. The maximum absolute atomic E-state index is 2.54. The fraction of sp³-hybridized carbons (Fsp3) is 0.786. The van der Waals surface area contributed by atoms with Crippen molar-refractivity contribution in [3.05, 3.63) is 35.4 Å². The Balaban J connectivity index is 1.46. The van der Waals surface area contributed by atoms with Gasteiger partial charge in [0.2, 0.25) is 0 Å². The molecule has 3 unspecified atom stereocenters. The molecule has 0 heteroatoms. The maximum atomic E-state index is 2.54. The van der Waals surface area contributed by atoms with Gasteiger partial charge in [0.25, 0.3) is 0 Å². The van der Waals surface area contributed by atoms with E-state index in [0.29, 0.717) is 0 Å². The Kier molecular flexibility index (Phi) is 8.94. The second-order valence-electron chi connectivity index (χ2n) is 10.3. The molecule has 3 atom stereocenters. The van der Waals surface area contributed by atoms with E-state index in [-0.39, 0.29) is 0 Å². The van der Waals surface area contributed by atoms with Crippen LogP contribution in [0.2, 0.25) is 0 Å². The summed E-state index contributed by atoms with van der Waals surface area (Å²) >= 11 is 0. The van der Waals surface area contributed by atoms with Crippen LogP contribution in [0.15, 0.2) is 24.3 Å². The molecule has 0 bridgehead atoms. The van der Waals surface area contributed by atoms with Gasteiger partial charge in [0.05, 0.1) is 0 Å². The fourth-order valence-corrected chi connectivity index (χ4v) is 6.31. The lowest BCUT2D eigenvalue weighted by Gasteiger charge is -2.41. The molecule has 2 aliphatic carbocycles. The molecule has 0 amide bonds. The monoisotopic (exact) mass is 382 g/mol. The van der Waals surface area contributed by atoms with Crippen molar-refractivity contribution in [3.63, 3.8) is 0 Å². The standard InChI is InChI=1S/C28H46/c1-4-6-8-10-24-13-17-26(18-14-24)28-20-19-27(21-22(28)3)25-15-11-23(12-16-25)9-7-5-2/h13-14,17-18,22-23,25,27-28H,4-12,15-16,19-21H2,1-3H3/t22?,23-,25-,27?,28?. The first-order valence-electron chi connectivity index (χ1n) is 12.8. The molecule has 2 fully saturated rings. The second kappa shape index (κ2) is 11.4. The molecule has 158 valence electrons. The largest absolute Gasteiger partial charge is 0.0654 e. The highest BCUT2D eigenvalue weighted by Gasteiger charge is 2.34. The average Bonchev–Trinajstić information content (AvgIpc) is 2.73. The molecule has 2 aliphatic rings. The zero-order chi connectivity index (χ0) is 19.8. The van der Waals surface area contributed by atoms with Crippen LogP contribution in [0.25, 0.3) is 0 Å². The number of aryl methyl sites for hydroxylation is 1. The number of unbranched alkanes of at least 4 members (excludes halogenated alkanes) is 3. The maximum Gasteiger partial charge on any atom is -0.0136 e. The molecule has 0 aliphatic heterocycles. The van der Waals surface area contributed by atoms with E-state index in [9.17, 15) is 0 Å². The Labute approximate surface area is 175 Å². The highest BCUT2D eigenvalue weighted by molar-refractivity contribution is 5.26. The molecule has 0 nitrogen and oxygen atoms in total. The van der Waals surface area contributed by atoms with Gasteiger partial charge in [0.15, 0.2) is 0 Å². The van der Waals surface area contributed by atoms with E-state index in [2.05, 4.69) is 45.0 Å². The first-order chi connectivity index (χ1) is 13.7. The van der Waals surface area contributed by atoms with Crippen molar-refractivity contribution in [3.8, 4) is 0 Å². The summed E-state index contributed by atoms with van der Waals surface area (Å²) < 4.78 is 0. The van der Waals surface area contributed by atoms with E-state index in [0.717, 1.165) is 29.6 Å². The summed E-state index contributed by atoms with van der Waals surface area (Å²) in [5, 5.41) is 0. The third kappa shape index (κ3) is 6.11. The average molecular weight is 383 g/mol. The lowest BCUT2D eigenvalue weighted by Crippen LogP contribution is -2.29. The molecule has 2 saturated carbocycles. The quantitative estimate of drug-likeness (QED) is 0.374. The third-order valence-electron chi connectivity index (χ3n) is 8.21. The third-order valence-corrected chi connectivity index (χ3v) is 8.21. The summed E-state index contributed by atoms with van der Waals surface area (Å²) in [6, 6.07) is 9.76. The van der Waals surface area contributed by atoms with Gasteiger partial charge in [0, 0.05) is 0 Å². The van der Waals surface area contributed by atoms with E-state index in [1.54, 1.807) is 11.1 Å². The van der Waals surface area contributed by atoms with Crippen LogP contribution in [0.3, 0.4) is 0 Å². The molecule has 0 radical (unpaired) electrons. The number of benzene rings is 1. The summed E-state index contributed by atoms with van der Waals surface area (Å²) in [6.45, 7) is 7.17. The molecular formula is C28H46. The van der Waals surface area contributed by atoms with Crippen LogP contribution in [0, 0.1) is 23.7 Å². The highest BCUT2D eigenvalue weighted by atomic mass is 14.4. The summed E-state index contributed by atoms with van der Waals surface area (Å²) in [4.78, 5) is 0. The summed E-state index contributed by atoms with van der Waals surface area (Å²) in [7, 11) is 0. The van der Waals surface area contributed by atoms with Crippen LogP contribution in [-0.4, -0.2) is 0 Å². The number of hydrogen-bond acceptors (Lipinski definition) is 0. The summed E-state index contributed by atoms with van der Waals surface area (Å²) in [5.41, 5.74) is 3.16. The van der Waals surface area contributed by atoms with Crippen molar-refractivity contribution in [1.82, 2.24) is 0 Å². The van der Waals surface area contributed by atoms with Gasteiger partial charge in [-0.3, -0.25) is 0 Å². The van der Waals surface area contributed by atoms with Gasteiger partial charge in [-0.2, -0.15) is 0 Å². The molecule has 1 aromatic carbocycles. The Morgan fingerprint density at radius 3 is 2.07 bits per heavy atom. The van der Waals surface area contributed by atoms with E-state index >= 15 is 0 Å². The molecule has 0 saturated heterocycles. The van der Waals surface area contributed by atoms with Gasteiger partial charge in [-0.15, -0.1) is 0 Å². The molecule has 1 aromatic rings. The van der Waals surface area contributed by atoms with Gasteiger partial charge in [0.1, 0.15) is 0 Å². The van der Waals surface area contributed by atoms with Crippen LogP contribution in [0.4, 0.5) is 0 Å². The first-order valence-corrected chi connectivity index (χ1v) is 12.8. The minimum absolute atomic E-state index is 0.807. The van der Waals surface area contributed by atoms with Crippen molar-refractivity contribution in [2.24, 2.45) is 23.7 Å². The van der Waals surface area contributed by atoms with Crippen LogP contribution in [0.5, 0.6) is 0 Å². The Bertz CT molecular complexity index is 534. The zero-order valence-electron chi connectivity index (χ0n) is 19.1. The van der Waals surface area contributed by atoms with E-state index < -0.39 is 0 Å². The minimum atomic E-state index is 0.807. The SMILES string of the molecule is CCCCCc1ccc(C2CCC([C@H]3CC[C@H](CCCC)CC3)CC2C)cc1. The first kappa shape index (κ1) is 21.9. The van der Waals surface area contributed by atoms with Gasteiger partial charge < -0.3 is 0 Å². The Morgan fingerprint density at radius 2 is 1.43 bits per heavy atom. The van der Waals surface area contributed by atoms with Gasteiger partial charge >= 0.3 is 0 Å². The van der Waals surface area contributed by atoms with Crippen LogP contribution in [-0.2, 0) is 6.42 Å². The summed E-state index contributed by atoms with van der Waals surface area (Å²) in [5.74, 6) is 4.79. The topological polar surface area (TPSA) is 0 Å². The van der Waals surface area contributed by atoms with Crippen molar-refractivity contribution < 1.29 is 0 Å². The van der Waals surface area contributed by atoms with Crippen molar-refractivity contribution in [2.45, 2.75) is 117 Å². The van der Waals surface area contributed by atoms with Gasteiger partial charge in [-0.05, 0) is 85.7 Å². The van der Waals surface area contributed by atoms with Crippen LogP contribution < -0.4 is 0 Å². The van der Waals surface area contributed by atoms with Crippen LogP contribution >= 0.6 is 0 Å². The molecular weight excluding hydrogens is 336 g/mol. The lowest BCUT2D eigenvalue weighted by molar-refractivity contribution is 0.130. The van der Waals surface area contributed by atoms with Crippen molar-refractivity contribution in [2.75, 3.05) is 0 Å². The Morgan fingerprint density at radius 1 is 0.750 bits per heavy atom. The lowest BCUT2D eigenvalue weighted by atomic mass is 9.65.